The lowest BCUT2D eigenvalue weighted by Gasteiger charge is -2.31. The van der Waals surface area contributed by atoms with Gasteiger partial charge in [-0.2, -0.15) is 12.6 Å². The summed E-state index contributed by atoms with van der Waals surface area (Å²) in [6, 6.07) is 0. The Balaban J connectivity index is 4.82. The van der Waals surface area contributed by atoms with E-state index in [9.17, 15) is 24.6 Å². The third kappa shape index (κ3) is 11.6. The molecule has 0 spiro atoms. The van der Waals surface area contributed by atoms with Gasteiger partial charge in [0.05, 0.1) is 6.61 Å². The van der Waals surface area contributed by atoms with Gasteiger partial charge in [-0.25, -0.2) is 0 Å². The lowest BCUT2D eigenvalue weighted by Crippen LogP contribution is -2.50. The molecule has 1 atom stereocenters. The number of unbranched alkanes of at least 4 members (excludes halogenated alkanes) is 6. The fourth-order valence-electron chi connectivity index (χ4n) is 2.79. The van der Waals surface area contributed by atoms with Gasteiger partial charge < -0.3 is 15.5 Å². The maximum absolute atomic E-state index is 12.7. The fraction of sp³-hybridized carbons (Fsp3) is 0.857. The molecule has 3 N–H and O–H groups in total. The first-order chi connectivity index (χ1) is 13.7. The standard InChI is InChI=1S/C21H40N2O5S/c1-4-5-6-7-8-9-10-11-18(26)23(14-12-17(25)22-13-15-29)20(28)19(27)21(2,3)16-24/h19,24,27,29H,4-16H2,1-3H3,(H,22,25)/t19-/m0/s1. The Morgan fingerprint density at radius 1 is 1.03 bits per heavy atom. The van der Waals surface area contributed by atoms with Crippen molar-refractivity contribution in [3.8, 4) is 0 Å². The van der Waals surface area contributed by atoms with E-state index in [-0.39, 0.29) is 25.3 Å². The number of rotatable bonds is 16. The average Bonchev–Trinajstić information content (AvgIpc) is 2.70. The minimum atomic E-state index is -1.52. The minimum Gasteiger partial charge on any atom is -0.396 e. The Morgan fingerprint density at radius 2 is 1.62 bits per heavy atom. The van der Waals surface area contributed by atoms with Crippen molar-refractivity contribution >= 4 is 30.4 Å². The molecule has 0 heterocycles. The zero-order valence-corrected chi connectivity index (χ0v) is 19.2. The second kappa shape index (κ2) is 15.7. The van der Waals surface area contributed by atoms with Crippen LogP contribution in [0.25, 0.3) is 0 Å². The predicted octanol–water partition coefficient (Wildman–Crippen LogP) is 2.30. The molecule has 0 saturated heterocycles. The average molecular weight is 433 g/mol. The van der Waals surface area contributed by atoms with Gasteiger partial charge in [0, 0.05) is 37.1 Å². The van der Waals surface area contributed by atoms with Gasteiger partial charge in [-0.15, -0.1) is 0 Å². The number of nitrogens with zero attached hydrogens (tertiary/aromatic N) is 1. The zero-order valence-electron chi connectivity index (χ0n) is 18.3. The Kier molecular flexibility index (Phi) is 15.1. The van der Waals surface area contributed by atoms with Crippen LogP contribution in [0.5, 0.6) is 0 Å². The summed E-state index contributed by atoms with van der Waals surface area (Å²) < 4.78 is 0. The Morgan fingerprint density at radius 3 is 2.17 bits per heavy atom. The highest BCUT2D eigenvalue weighted by Crippen LogP contribution is 2.22. The molecule has 0 fully saturated rings. The van der Waals surface area contributed by atoms with E-state index in [1.165, 1.54) is 19.3 Å². The van der Waals surface area contributed by atoms with Crippen molar-refractivity contribution in [2.24, 2.45) is 5.41 Å². The molecular formula is C21H40N2O5S. The van der Waals surface area contributed by atoms with Crippen molar-refractivity contribution in [3.05, 3.63) is 0 Å². The third-order valence-corrected chi connectivity index (χ3v) is 5.16. The second-order valence-electron chi connectivity index (χ2n) is 8.13. The van der Waals surface area contributed by atoms with Gasteiger partial charge in [-0.1, -0.05) is 59.3 Å². The number of hydrogen-bond donors (Lipinski definition) is 4. The highest BCUT2D eigenvalue weighted by molar-refractivity contribution is 7.80. The molecule has 0 unspecified atom stereocenters. The van der Waals surface area contributed by atoms with Gasteiger partial charge in [-0.3, -0.25) is 19.3 Å². The summed E-state index contributed by atoms with van der Waals surface area (Å²) in [5.74, 6) is -0.941. The van der Waals surface area contributed by atoms with Gasteiger partial charge in [0.15, 0.2) is 0 Å². The van der Waals surface area contributed by atoms with E-state index < -0.39 is 29.9 Å². The van der Waals surface area contributed by atoms with E-state index in [0.29, 0.717) is 18.7 Å². The molecular weight excluding hydrogens is 392 g/mol. The quantitative estimate of drug-likeness (QED) is 0.221. The first-order valence-corrected chi connectivity index (χ1v) is 11.3. The maximum atomic E-state index is 12.7. The monoisotopic (exact) mass is 432 g/mol. The van der Waals surface area contributed by atoms with E-state index in [1.54, 1.807) is 13.8 Å². The van der Waals surface area contributed by atoms with Gasteiger partial charge in [-0.05, 0) is 6.42 Å². The summed E-state index contributed by atoms with van der Waals surface area (Å²) in [4.78, 5) is 38.2. The van der Waals surface area contributed by atoms with Crippen molar-refractivity contribution in [2.75, 3.05) is 25.4 Å². The third-order valence-electron chi connectivity index (χ3n) is 4.94. The summed E-state index contributed by atoms with van der Waals surface area (Å²) in [6.45, 7) is 5.17. The minimum absolute atomic E-state index is 0.0332. The maximum Gasteiger partial charge on any atom is 0.258 e. The lowest BCUT2D eigenvalue weighted by molar-refractivity contribution is -0.156. The highest BCUT2D eigenvalue weighted by atomic mass is 32.1. The summed E-state index contributed by atoms with van der Waals surface area (Å²) in [5.41, 5.74) is -1.08. The predicted molar refractivity (Wildman–Crippen MR) is 118 cm³/mol. The number of nitrogens with one attached hydrogen (secondary N) is 1. The zero-order chi connectivity index (χ0) is 22.3. The van der Waals surface area contributed by atoms with Gasteiger partial charge in [0.25, 0.3) is 5.91 Å². The van der Waals surface area contributed by atoms with Crippen LogP contribution in [0.4, 0.5) is 0 Å². The number of carbonyl (C=O) groups is 3. The normalized spacial score (nSPS) is 12.5. The van der Waals surface area contributed by atoms with Gasteiger partial charge in [0.2, 0.25) is 11.8 Å². The molecule has 3 amide bonds. The number of aliphatic hydroxyl groups excluding tert-OH is 2. The summed E-state index contributed by atoms with van der Waals surface area (Å²) >= 11 is 4.02. The molecule has 0 aliphatic heterocycles. The van der Waals surface area contributed by atoms with Crippen LogP contribution in [0.3, 0.4) is 0 Å². The number of hydrogen-bond acceptors (Lipinski definition) is 6. The molecule has 0 rings (SSSR count). The first-order valence-electron chi connectivity index (χ1n) is 10.7. The largest absolute Gasteiger partial charge is 0.396 e. The number of thiol groups is 1. The second-order valence-corrected chi connectivity index (χ2v) is 8.57. The van der Waals surface area contributed by atoms with Crippen LogP contribution in [0.2, 0.25) is 0 Å². The van der Waals surface area contributed by atoms with Crippen molar-refractivity contribution in [2.45, 2.75) is 84.7 Å². The van der Waals surface area contributed by atoms with Crippen LogP contribution >= 0.6 is 12.6 Å². The molecule has 0 aromatic carbocycles. The molecule has 0 radical (unpaired) electrons. The highest BCUT2D eigenvalue weighted by Gasteiger charge is 2.37. The van der Waals surface area contributed by atoms with Crippen molar-refractivity contribution < 1.29 is 24.6 Å². The van der Waals surface area contributed by atoms with Crippen LogP contribution in [0, 0.1) is 5.41 Å². The van der Waals surface area contributed by atoms with E-state index in [2.05, 4.69) is 24.9 Å². The van der Waals surface area contributed by atoms with Gasteiger partial charge in [0.1, 0.15) is 6.10 Å². The van der Waals surface area contributed by atoms with Crippen LogP contribution in [0.1, 0.15) is 78.6 Å². The van der Waals surface area contributed by atoms with Crippen LogP contribution in [-0.4, -0.2) is 64.4 Å². The van der Waals surface area contributed by atoms with Crippen molar-refractivity contribution in [1.29, 1.82) is 0 Å². The molecule has 8 heteroatoms. The van der Waals surface area contributed by atoms with E-state index in [1.807, 2.05) is 0 Å². The molecule has 0 aliphatic carbocycles. The summed E-state index contributed by atoms with van der Waals surface area (Å²) in [6.07, 6.45) is 6.00. The lowest BCUT2D eigenvalue weighted by atomic mass is 9.86. The van der Waals surface area contributed by atoms with Crippen LogP contribution < -0.4 is 5.32 Å². The molecule has 0 saturated carbocycles. The van der Waals surface area contributed by atoms with Gasteiger partial charge >= 0.3 is 0 Å². The molecule has 0 aliphatic rings. The molecule has 29 heavy (non-hydrogen) atoms. The number of imide groups is 1. The molecule has 0 aromatic rings. The molecule has 0 bridgehead atoms. The Bertz CT molecular complexity index is 499. The van der Waals surface area contributed by atoms with Crippen molar-refractivity contribution in [3.63, 3.8) is 0 Å². The Labute approximate surface area is 181 Å². The Hall–Kier alpha value is -1.12. The van der Waals surface area contributed by atoms with E-state index >= 15 is 0 Å². The summed E-state index contributed by atoms with van der Waals surface area (Å²) in [7, 11) is 0. The van der Waals surface area contributed by atoms with Crippen LogP contribution in [-0.2, 0) is 14.4 Å². The number of carbonyl (C=O) groups excluding carboxylic acids is 3. The van der Waals surface area contributed by atoms with E-state index in [4.69, 9.17) is 0 Å². The first kappa shape index (κ1) is 27.9. The van der Waals surface area contributed by atoms with E-state index in [0.717, 1.165) is 24.2 Å². The molecule has 7 nitrogen and oxygen atoms in total. The number of amides is 3. The van der Waals surface area contributed by atoms with Crippen molar-refractivity contribution in [1.82, 2.24) is 10.2 Å². The SMILES string of the molecule is CCCCCCCCCC(=O)N(CCC(=O)NCCS)C(=O)[C@H](O)C(C)(C)CO. The number of aliphatic hydroxyl groups is 2. The topological polar surface area (TPSA) is 107 Å². The smallest absolute Gasteiger partial charge is 0.258 e. The fourth-order valence-corrected chi connectivity index (χ4v) is 2.90. The summed E-state index contributed by atoms with van der Waals surface area (Å²) in [5, 5.41) is 22.4. The van der Waals surface area contributed by atoms with Crippen LogP contribution in [0.15, 0.2) is 0 Å². The molecule has 0 aromatic heterocycles. The molecule has 170 valence electrons.